The van der Waals surface area contributed by atoms with Crippen molar-refractivity contribution in [3.8, 4) is 23.8 Å². The average Bonchev–Trinajstić information content (AvgIpc) is 3.33. The van der Waals surface area contributed by atoms with Gasteiger partial charge >= 0.3 is 0 Å². The van der Waals surface area contributed by atoms with Crippen LogP contribution < -0.4 is 14.3 Å². The maximum atomic E-state index is 12.9. The third-order valence-corrected chi connectivity index (χ3v) is 6.70. The van der Waals surface area contributed by atoms with Gasteiger partial charge in [-0.1, -0.05) is 17.3 Å². The highest BCUT2D eigenvalue weighted by Gasteiger charge is 2.16. The van der Waals surface area contributed by atoms with E-state index >= 15 is 0 Å². The van der Waals surface area contributed by atoms with E-state index in [0.717, 1.165) is 14.9 Å². The zero-order valence-electron chi connectivity index (χ0n) is 16.4. The van der Waals surface area contributed by atoms with Crippen LogP contribution in [0.1, 0.15) is 9.67 Å². The Balaban J connectivity index is 1.83. The monoisotopic (exact) mass is 453 g/mol. The van der Waals surface area contributed by atoms with Crippen molar-refractivity contribution in [1.82, 2.24) is 4.57 Å². The number of ether oxygens (including phenoxy) is 2. The van der Waals surface area contributed by atoms with E-state index in [2.05, 4.69) is 10.9 Å². The van der Waals surface area contributed by atoms with Crippen molar-refractivity contribution < 1.29 is 19.2 Å². The fourth-order valence-electron chi connectivity index (χ4n) is 3.12. The van der Waals surface area contributed by atoms with E-state index in [1.807, 2.05) is 6.07 Å². The lowest BCUT2D eigenvalue weighted by molar-refractivity contribution is -0.384. The lowest BCUT2D eigenvalue weighted by Gasteiger charge is -2.08. The van der Waals surface area contributed by atoms with Gasteiger partial charge in [0, 0.05) is 34.4 Å². The van der Waals surface area contributed by atoms with Gasteiger partial charge in [-0.2, -0.15) is 4.99 Å². The average molecular weight is 454 g/mol. The molecule has 2 aromatic carbocycles. The summed E-state index contributed by atoms with van der Waals surface area (Å²) in [4.78, 5) is 28.5. The van der Waals surface area contributed by atoms with Gasteiger partial charge in [-0.15, -0.1) is 17.8 Å². The Morgan fingerprint density at radius 2 is 1.90 bits per heavy atom. The first-order valence-electron chi connectivity index (χ1n) is 8.91. The van der Waals surface area contributed by atoms with Crippen LogP contribution in [0.25, 0.3) is 20.3 Å². The van der Waals surface area contributed by atoms with E-state index in [1.54, 1.807) is 37.0 Å². The SMILES string of the molecule is C#CCn1c(=NC(=O)c2cc3cc([N+](=O)[O-])ccc3s2)sc2cc(OC)c(OC)cc21. The number of carbonyl (C=O) groups is 1. The molecule has 0 aliphatic rings. The minimum absolute atomic E-state index is 0.0273. The minimum atomic E-state index is -0.467. The van der Waals surface area contributed by atoms with Crippen LogP contribution in [0.4, 0.5) is 5.69 Å². The number of nitrogens with zero attached hydrogens (tertiary/aromatic N) is 3. The lowest BCUT2D eigenvalue weighted by atomic mass is 10.2. The highest BCUT2D eigenvalue weighted by atomic mass is 32.1. The smallest absolute Gasteiger partial charge is 0.289 e. The van der Waals surface area contributed by atoms with Crippen molar-refractivity contribution in [2.24, 2.45) is 4.99 Å². The van der Waals surface area contributed by atoms with Crippen LogP contribution in [0.3, 0.4) is 0 Å². The first-order chi connectivity index (χ1) is 14.9. The van der Waals surface area contributed by atoms with E-state index in [9.17, 15) is 14.9 Å². The van der Waals surface area contributed by atoms with Gasteiger partial charge in [0.05, 0.1) is 40.8 Å². The molecule has 1 amide bonds. The minimum Gasteiger partial charge on any atom is -0.493 e. The van der Waals surface area contributed by atoms with Crippen molar-refractivity contribution >= 4 is 54.6 Å². The Bertz CT molecular complexity index is 1460. The van der Waals surface area contributed by atoms with E-state index < -0.39 is 10.8 Å². The summed E-state index contributed by atoms with van der Waals surface area (Å²) >= 11 is 2.54. The van der Waals surface area contributed by atoms with Crippen LogP contribution >= 0.6 is 22.7 Å². The lowest BCUT2D eigenvalue weighted by Crippen LogP contribution is -2.16. The molecule has 2 aromatic heterocycles. The number of benzene rings is 2. The molecule has 156 valence electrons. The van der Waals surface area contributed by atoms with Crippen LogP contribution in [0, 0.1) is 22.5 Å². The first kappa shape index (κ1) is 20.6. The van der Waals surface area contributed by atoms with Crippen molar-refractivity contribution in [1.29, 1.82) is 0 Å². The molecule has 0 saturated carbocycles. The molecule has 0 atom stereocenters. The Morgan fingerprint density at radius 3 is 2.58 bits per heavy atom. The number of terminal acetylenes is 1. The molecule has 0 spiro atoms. The molecule has 0 bridgehead atoms. The van der Waals surface area contributed by atoms with Gasteiger partial charge in [-0.05, 0) is 12.1 Å². The first-order valence-corrected chi connectivity index (χ1v) is 10.5. The summed E-state index contributed by atoms with van der Waals surface area (Å²) in [5.41, 5.74) is 0.750. The molecule has 10 heteroatoms. The van der Waals surface area contributed by atoms with Gasteiger partial charge in [0.15, 0.2) is 16.3 Å². The molecular formula is C21H15N3O5S2. The summed E-state index contributed by atoms with van der Waals surface area (Å²) in [6.45, 7) is 0.222. The van der Waals surface area contributed by atoms with Crippen molar-refractivity contribution in [3.05, 3.63) is 56.2 Å². The molecule has 0 aliphatic heterocycles. The number of methoxy groups -OCH3 is 2. The van der Waals surface area contributed by atoms with Crippen LogP contribution in [0.15, 0.2) is 41.4 Å². The predicted octanol–water partition coefficient (Wildman–Crippen LogP) is 4.22. The molecule has 0 saturated heterocycles. The zero-order chi connectivity index (χ0) is 22.1. The number of thiazole rings is 1. The molecule has 2 heterocycles. The number of aromatic nitrogens is 1. The number of fused-ring (bicyclic) bond motifs is 2. The summed E-state index contributed by atoms with van der Waals surface area (Å²) in [7, 11) is 3.09. The molecule has 0 fully saturated rings. The topological polar surface area (TPSA) is 96.0 Å². The highest BCUT2D eigenvalue weighted by Crippen LogP contribution is 2.33. The Labute approximate surface area is 184 Å². The Hall–Kier alpha value is -3.68. The molecule has 4 aromatic rings. The number of nitro benzene ring substituents is 1. The third kappa shape index (κ3) is 3.76. The fraction of sp³-hybridized carbons (Fsp3) is 0.143. The van der Waals surface area contributed by atoms with Crippen LogP contribution in [-0.4, -0.2) is 29.6 Å². The Morgan fingerprint density at radius 1 is 1.16 bits per heavy atom. The standard InChI is InChI=1S/C21H15N3O5S2/c1-4-7-23-14-10-15(28-2)16(29-3)11-18(14)31-21(23)22-20(25)19-9-12-8-13(24(26)27)5-6-17(12)30-19/h1,5-6,8-11H,7H2,2-3H3. The number of nitro groups is 1. The van der Waals surface area contributed by atoms with E-state index in [1.165, 1.54) is 34.8 Å². The van der Waals surface area contributed by atoms with Crippen LogP contribution in [-0.2, 0) is 6.54 Å². The van der Waals surface area contributed by atoms with Crippen molar-refractivity contribution in [2.45, 2.75) is 6.54 Å². The second kappa shape index (κ2) is 8.22. The molecular weight excluding hydrogens is 438 g/mol. The maximum absolute atomic E-state index is 12.9. The number of rotatable bonds is 5. The largest absolute Gasteiger partial charge is 0.493 e. The second-order valence-electron chi connectivity index (χ2n) is 6.36. The van der Waals surface area contributed by atoms with E-state index in [4.69, 9.17) is 15.9 Å². The summed E-state index contributed by atoms with van der Waals surface area (Å²) in [5.74, 6) is 3.25. The third-order valence-electron chi connectivity index (χ3n) is 4.56. The van der Waals surface area contributed by atoms with Crippen LogP contribution in [0.5, 0.6) is 11.5 Å². The zero-order valence-corrected chi connectivity index (χ0v) is 18.1. The van der Waals surface area contributed by atoms with Gasteiger partial charge < -0.3 is 14.0 Å². The van der Waals surface area contributed by atoms with Crippen LogP contribution in [0.2, 0.25) is 0 Å². The Kier molecular flexibility index (Phi) is 5.46. The summed E-state index contributed by atoms with van der Waals surface area (Å²) in [5, 5.41) is 11.6. The van der Waals surface area contributed by atoms with Gasteiger partial charge in [0.1, 0.15) is 0 Å². The summed E-state index contributed by atoms with van der Waals surface area (Å²) < 4.78 is 14.1. The molecule has 0 radical (unpaired) electrons. The molecule has 8 nitrogen and oxygen atoms in total. The van der Waals surface area contributed by atoms with Gasteiger partial charge in [0.25, 0.3) is 11.6 Å². The van der Waals surface area contributed by atoms with E-state index in [-0.39, 0.29) is 12.2 Å². The number of thiophene rings is 1. The number of amides is 1. The second-order valence-corrected chi connectivity index (χ2v) is 8.45. The number of hydrogen-bond acceptors (Lipinski definition) is 7. The molecule has 4 rings (SSSR count). The summed E-state index contributed by atoms with van der Waals surface area (Å²) in [6, 6.07) is 9.71. The molecule has 0 N–H and O–H groups in total. The van der Waals surface area contributed by atoms with Gasteiger partial charge in [-0.25, -0.2) is 0 Å². The normalized spacial score (nSPS) is 11.6. The fourth-order valence-corrected chi connectivity index (χ4v) is 5.08. The van der Waals surface area contributed by atoms with Gasteiger partial charge in [-0.3, -0.25) is 14.9 Å². The number of non-ortho nitro benzene ring substituents is 1. The van der Waals surface area contributed by atoms with E-state index in [0.29, 0.717) is 26.6 Å². The number of hydrogen-bond donors (Lipinski definition) is 0. The number of carbonyl (C=O) groups excluding carboxylic acids is 1. The molecule has 31 heavy (non-hydrogen) atoms. The molecule has 0 aliphatic carbocycles. The summed E-state index contributed by atoms with van der Waals surface area (Å²) in [6.07, 6.45) is 5.54. The maximum Gasteiger partial charge on any atom is 0.289 e. The quantitative estimate of drug-likeness (QED) is 0.256. The van der Waals surface area contributed by atoms with Crippen molar-refractivity contribution in [3.63, 3.8) is 0 Å². The predicted molar refractivity (Wildman–Crippen MR) is 120 cm³/mol. The van der Waals surface area contributed by atoms with Gasteiger partial charge in [0.2, 0.25) is 0 Å². The highest BCUT2D eigenvalue weighted by molar-refractivity contribution is 7.21. The van der Waals surface area contributed by atoms with Crippen molar-refractivity contribution in [2.75, 3.05) is 14.2 Å². The molecule has 0 unspecified atom stereocenters.